The molecular formula is C15H26ClN3OS. The lowest BCUT2D eigenvalue weighted by molar-refractivity contribution is -0.00581. The number of piperidine rings is 1. The Bertz CT molecular complexity index is 415. The second-order valence-corrected chi connectivity index (χ2v) is 6.90. The third-order valence-corrected chi connectivity index (χ3v) is 5.31. The molecule has 1 aromatic rings. The summed E-state index contributed by atoms with van der Waals surface area (Å²) in [5.74, 6) is 0. The van der Waals surface area contributed by atoms with Crippen LogP contribution in [0.15, 0.2) is 5.38 Å². The smallest absolute Gasteiger partial charge is 0.180 e. The Labute approximate surface area is 137 Å². The first-order valence-corrected chi connectivity index (χ1v) is 8.75. The fourth-order valence-electron chi connectivity index (χ4n) is 3.45. The van der Waals surface area contributed by atoms with Crippen LogP contribution in [-0.4, -0.2) is 35.1 Å². The highest BCUT2D eigenvalue weighted by atomic mass is 35.5. The van der Waals surface area contributed by atoms with E-state index >= 15 is 0 Å². The van der Waals surface area contributed by atoms with Gasteiger partial charge in [-0.1, -0.05) is 6.42 Å². The van der Waals surface area contributed by atoms with E-state index in [2.05, 4.69) is 9.88 Å². The zero-order chi connectivity index (χ0) is 13.8. The van der Waals surface area contributed by atoms with E-state index in [4.69, 9.17) is 10.5 Å². The predicted octanol–water partition coefficient (Wildman–Crippen LogP) is 3.46. The van der Waals surface area contributed by atoms with Crippen molar-refractivity contribution in [2.45, 2.75) is 63.7 Å². The molecule has 1 saturated heterocycles. The first-order valence-electron chi connectivity index (χ1n) is 7.87. The summed E-state index contributed by atoms with van der Waals surface area (Å²) in [4.78, 5) is 6.96. The van der Waals surface area contributed by atoms with E-state index < -0.39 is 0 Å². The summed E-state index contributed by atoms with van der Waals surface area (Å²) < 4.78 is 5.99. The van der Waals surface area contributed by atoms with Crippen molar-refractivity contribution in [2.24, 2.45) is 0 Å². The minimum atomic E-state index is 0. The number of thiazole rings is 1. The Morgan fingerprint density at radius 1 is 1.19 bits per heavy atom. The molecule has 0 aromatic carbocycles. The first-order chi connectivity index (χ1) is 9.81. The monoisotopic (exact) mass is 331 g/mol. The van der Waals surface area contributed by atoms with Gasteiger partial charge in [0.25, 0.3) is 0 Å². The van der Waals surface area contributed by atoms with Gasteiger partial charge >= 0.3 is 0 Å². The Hall–Kier alpha value is -0.360. The lowest BCUT2D eigenvalue weighted by Gasteiger charge is -2.38. The summed E-state index contributed by atoms with van der Waals surface area (Å²) in [7, 11) is 0. The maximum absolute atomic E-state index is 5.99. The largest absolute Gasteiger partial charge is 0.375 e. The number of hydrogen-bond acceptors (Lipinski definition) is 5. The average molecular weight is 332 g/mol. The van der Waals surface area contributed by atoms with Gasteiger partial charge < -0.3 is 15.4 Å². The number of rotatable bonds is 4. The van der Waals surface area contributed by atoms with Crippen LogP contribution in [0.1, 0.15) is 50.6 Å². The minimum Gasteiger partial charge on any atom is -0.375 e. The van der Waals surface area contributed by atoms with E-state index in [-0.39, 0.29) is 12.4 Å². The van der Waals surface area contributed by atoms with E-state index in [1.807, 2.05) is 5.38 Å². The molecule has 1 aliphatic carbocycles. The molecule has 6 heteroatoms. The average Bonchev–Trinajstić information content (AvgIpc) is 2.92. The van der Waals surface area contributed by atoms with E-state index in [1.54, 1.807) is 0 Å². The summed E-state index contributed by atoms with van der Waals surface area (Å²) >= 11 is 1.49. The first kappa shape index (κ1) is 17.0. The summed E-state index contributed by atoms with van der Waals surface area (Å²) in [6.45, 7) is 3.25. The molecule has 1 saturated carbocycles. The van der Waals surface area contributed by atoms with E-state index in [9.17, 15) is 0 Å². The number of hydrogen-bond donors (Lipinski definition) is 1. The van der Waals surface area contributed by atoms with Crippen LogP contribution in [0.4, 0.5) is 5.13 Å². The summed E-state index contributed by atoms with van der Waals surface area (Å²) in [6, 6.07) is 0.810. The maximum atomic E-state index is 5.99. The normalized spacial score (nSPS) is 27.2. The van der Waals surface area contributed by atoms with Crippen LogP contribution in [0, 0.1) is 0 Å². The molecule has 0 bridgehead atoms. The van der Waals surface area contributed by atoms with Gasteiger partial charge in [-0.05, 0) is 51.6 Å². The van der Waals surface area contributed by atoms with Crippen LogP contribution < -0.4 is 5.73 Å². The van der Waals surface area contributed by atoms with Crippen molar-refractivity contribution in [1.82, 2.24) is 9.88 Å². The summed E-state index contributed by atoms with van der Waals surface area (Å²) in [6.07, 6.45) is 9.60. The predicted molar refractivity (Wildman–Crippen MR) is 90.0 cm³/mol. The van der Waals surface area contributed by atoms with Crippen molar-refractivity contribution in [3.8, 4) is 0 Å². The second-order valence-electron chi connectivity index (χ2n) is 6.02. The van der Waals surface area contributed by atoms with Crippen LogP contribution >= 0.6 is 23.7 Å². The maximum Gasteiger partial charge on any atom is 0.180 e. The van der Waals surface area contributed by atoms with Crippen molar-refractivity contribution in [3.05, 3.63) is 11.1 Å². The van der Waals surface area contributed by atoms with Crippen LogP contribution in [0.2, 0.25) is 0 Å². The molecule has 0 spiro atoms. The zero-order valence-corrected chi connectivity index (χ0v) is 14.1. The van der Waals surface area contributed by atoms with Gasteiger partial charge in [-0.3, -0.25) is 0 Å². The third kappa shape index (κ3) is 4.81. The lowest BCUT2D eigenvalue weighted by Crippen LogP contribution is -2.42. The fourth-order valence-corrected chi connectivity index (χ4v) is 4.00. The third-order valence-electron chi connectivity index (χ3n) is 4.59. The second kappa shape index (κ2) is 8.32. The molecule has 0 radical (unpaired) electrons. The number of nitrogens with two attached hydrogens (primary N) is 1. The Morgan fingerprint density at radius 2 is 1.90 bits per heavy atom. The molecule has 0 unspecified atom stereocenters. The zero-order valence-electron chi connectivity index (χ0n) is 12.5. The number of halogens is 1. The van der Waals surface area contributed by atoms with E-state index in [0.29, 0.717) is 17.8 Å². The van der Waals surface area contributed by atoms with Gasteiger partial charge in [0, 0.05) is 11.4 Å². The van der Waals surface area contributed by atoms with Gasteiger partial charge in [0.2, 0.25) is 0 Å². The van der Waals surface area contributed by atoms with Crippen LogP contribution in [0.3, 0.4) is 0 Å². The Balaban J connectivity index is 0.00000161. The highest BCUT2D eigenvalue weighted by molar-refractivity contribution is 7.13. The molecule has 2 N–H and O–H groups in total. The molecule has 3 rings (SSSR count). The van der Waals surface area contributed by atoms with Crippen molar-refractivity contribution in [2.75, 3.05) is 18.8 Å². The molecule has 2 aliphatic rings. The number of ether oxygens (including phenoxy) is 1. The van der Waals surface area contributed by atoms with Gasteiger partial charge in [0.1, 0.15) is 0 Å². The topological polar surface area (TPSA) is 51.4 Å². The molecule has 21 heavy (non-hydrogen) atoms. The quantitative estimate of drug-likeness (QED) is 0.918. The molecule has 4 nitrogen and oxygen atoms in total. The van der Waals surface area contributed by atoms with E-state index in [0.717, 1.165) is 11.7 Å². The highest BCUT2D eigenvalue weighted by Crippen LogP contribution is 2.27. The molecule has 1 aliphatic heterocycles. The van der Waals surface area contributed by atoms with Crippen molar-refractivity contribution < 1.29 is 4.74 Å². The summed E-state index contributed by atoms with van der Waals surface area (Å²) in [5.41, 5.74) is 6.61. The van der Waals surface area contributed by atoms with Gasteiger partial charge in [-0.25, -0.2) is 4.98 Å². The lowest BCUT2D eigenvalue weighted by atomic mass is 9.90. The van der Waals surface area contributed by atoms with E-state index in [1.165, 1.54) is 69.4 Å². The Kier molecular flexibility index (Phi) is 6.74. The summed E-state index contributed by atoms with van der Waals surface area (Å²) in [5, 5.41) is 2.63. The SMILES string of the molecule is Cl.Nc1nc(CO[C@H]2CC[C@H](N3CCCCC3)CC2)cs1. The standard InChI is InChI=1S/C15H25N3OS.ClH/c16-15-17-12(11-20-15)10-19-14-6-4-13(5-7-14)18-8-2-1-3-9-18;/h11,13-14H,1-10H2,(H2,16,17);1H/t13-,14-;. The molecule has 120 valence electrons. The molecule has 2 fully saturated rings. The van der Waals surface area contributed by atoms with Crippen LogP contribution in [0.25, 0.3) is 0 Å². The fraction of sp³-hybridized carbons (Fsp3) is 0.800. The van der Waals surface area contributed by atoms with Gasteiger partial charge in [-0.15, -0.1) is 23.7 Å². The number of likely N-dealkylation sites (tertiary alicyclic amines) is 1. The van der Waals surface area contributed by atoms with Crippen molar-refractivity contribution in [3.63, 3.8) is 0 Å². The molecule has 2 heterocycles. The number of aromatic nitrogens is 1. The number of nitrogens with zero attached hydrogens (tertiary/aromatic N) is 2. The van der Waals surface area contributed by atoms with Crippen LogP contribution in [0.5, 0.6) is 0 Å². The molecule has 0 amide bonds. The minimum absolute atomic E-state index is 0. The van der Waals surface area contributed by atoms with Gasteiger partial charge in [0.15, 0.2) is 5.13 Å². The van der Waals surface area contributed by atoms with Crippen molar-refractivity contribution >= 4 is 28.9 Å². The van der Waals surface area contributed by atoms with Gasteiger partial charge in [0.05, 0.1) is 18.4 Å². The number of anilines is 1. The van der Waals surface area contributed by atoms with Gasteiger partial charge in [-0.2, -0.15) is 0 Å². The Morgan fingerprint density at radius 3 is 2.52 bits per heavy atom. The molecule has 1 aromatic heterocycles. The van der Waals surface area contributed by atoms with Crippen molar-refractivity contribution in [1.29, 1.82) is 0 Å². The highest BCUT2D eigenvalue weighted by Gasteiger charge is 2.27. The molecular weight excluding hydrogens is 306 g/mol. The molecule has 0 atom stereocenters. The number of nitrogen functional groups attached to an aromatic ring is 1. The van der Waals surface area contributed by atoms with Crippen LogP contribution in [-0.2, 0) is 11.3 Å².